The van der Waals surface area contributed by atoms with E-state index in [4.69, 9.17) is 10.5 Å². The second-order valence-corrected chi connectivity index (χ2v) is 5.31. The molecule has 23 heavy (non-hydrogen) atoms. The molecule has 0 saturated carbocycles. The molecule has 0 radical (unpaired) electrons. The van der Waals surface area contributed by atoms with E-state index < -0.39 is 0 Å². The van der Waals surface area contributed by atoms with Gasteiger partial charge in [-0.2, -0.15) is 4.98 Å². The van der Waals surface area contributed by atoms with Crippen LogP contribution in [0.25, 0.3) is 11.2 Å². The summed E-state index contributed by atoms with van der Waals surface area (Å²) in [5.74, 6) is 0.0852. The first-order valence-corrected chi connectivity index (χ1v) is 7.56. The molecule has 7 nitrogen and oxygen atoms in total. The molecule has 0 unspecified atom stereocenters. The summed E-state index contributed by atoms with van der Waals surface area (Å²) in [6.45, 7) is 2.00. The zero-order valence-electron chi connectivity index (χ0n) is 12.7. The van der Waals surface area contributed by atoms with E-state index in [-0.39, 0.29) is 11.5 Å². The number of hydrogen-bond donors (Lipinski definition) is 2. The number of aromatic nitrogens is 4. The number of fused-ring (bicyclic) bond motifs is 1. The molecule has 3 N–H and O–H groups in total. The van der Waals surface area contributed by atoms with Gasteiger partial charge in [-0.1, -0.05) is 30.3 Å². The highest BCUT2D eigenvalue weighted by Gasteiger charge is 2.08. The molecule has 2 aromatic heterocycles. The summed E-state index contributed by atoms with van der Waals surface area (Å²) in [7, 11) is 0. The molecule has 0 bridgehead atoms. The number of aryl methyl sites for hydroxylation is 1. The van der Waals surface area contributed by atoms with Crippen LogP contribution in [0, 0.1) is 0 Å². The smallest absolute Gasteiger partial charge is 0.278 e. The minimum atomic E-state index is -0.259. The van der Waals surface area contributed by atoms with Crippen LogP contribution in [0.3, 0.4) is 0 Å². The van der Waals surface area contributed by atoms with Crippen LogP contribution in [0.1, 0.15) is 18.4 Å². The quantitative estimate of drug-likeness (QED) is 0.647. The van der Waals surface area contributed by atoms with E-state index in [1.54, 1.807) is 10.9 Å². The number of aromatic amines is 1. The third kappa shape index (κ3) is 3.75. The predicted octanol–water partition coefficient (Wildman–Crippen LogP) is 1.70. The Labute approximate surface area is 133 Å². The van der Waals surface area contributed by atoms with Crippen molar-refractivity contribution in [2.45, 2.75) is 26.0 Å². The Bertz CT molecular complexity index is 825. The number of ether oxygens (including phenoxy) is 1. The van der Waals surface area contributed by atoms with E-state index in [2.05, 4.69) is 15.0 Å². The Morgan fingerprint density at radius 1 is 1.22 bits per heavy atom. The van der Waals surface area contributed by atoms with Gasteiger partial charge in [-0.05, 0) is 18.4 Å². The molecule has 120 valence electrons. The molecule has 0 spiro atoms. The normalized spacial score (nSPS) is 11.1. The first-order valence-electron chi connectivity index (χ1n) is 7.56. The number of benzene rings is 1. The molecule has 3 aromatic rings. The summed E-state index contributed by atoms with van der Waals surface area (Å²) in [4.78, 5) is 22.5. The molecule has 0 amide bonds. The number of unbranched alkanes of at least 4 members (excludes halogenated alkanes) is 1. The minimum Gasteiger partial charge on any atom is -0.377 e. The molecule has 1 aromatic carbocycles. The third-order valence-corrected chi connectivity index (χ3v) is 3.55. The Kier molecular flexibility index (Phi) is 4.68. The van der Waals surface area contributed by atoms with Crippen LogP contribution >= 0.6 is 0 Å². The molecule has 0 aliphatic rings. The van der Waals surface area contributed by atoms with Crippen LogP contribution in [0.5, 0.6) is 0 Å². The number of nitrogens with one attached hydrogen (secondary N) is 1. The van der Waals surface area contributed by atoms with E-state index >= 15 is 0 Å². The van der Waals surface area contributed by atoms with Gasteiger partial charge in [-0.15, -0.1) is 0 Å². The van der Waals surface area contributed by atoms with E-state index in [9.17, 15) is 4.79 Å². The second-order valence-electron chi connectivity index (χ2n) is 5.31. The van der Waals surface area contributed by atoms with Crippen LogP contribution < -0.4 is 11.3 Å². The van der Waals surface area contributed by atoms with E-state index in [1.807, 2.05) is 30.3 Å². The highest BCUT2D eigenvalue weighted by atomic mass is 16.5. The molecular weight excluding hydrogens is 294 g/mol. The predicted molar refractivity (Wildman–Crippen MR) is 87.9 cm³/mol. The molecule has 2 heterocycles. The summed E-state index contributed by atoms with van der Waals surface area (Å²) in [5.41, 5.74) is 7.26. The average Bonchev–Trinajstić information content (AvgIpc) is 2.95. The minimum absolute atomic E-state index is 0.0852. The van der Waals surface area contributed by atoms with Gasteiger partial charge in [-0.3, -0.25) is 9.78 Å². The molecule has 0 aliphatic heterocycles. The first-order chi connectivity index (χ1) is 11.2. The van der Waals surface area contributed by atoms with Crippen molar-refractivity contribution in [2.75, 3.05) is 12.3 Å². The fourth-order valence-electron chi connectivity index (χ4n) is 2.42. The van der Waals surface area contributed by atoms with E-state index in [0.29, 0.717) is 30.9 Å². The van der Waals surface area contributed by atoms with Gasteiger partial charge >= 0.3 is 0 Å². The highest BCUT2D eigenvalue weighted by molar-refractivity contribution is 5.70. The first kappa shape index (κ1) is 15.2. The van der Waals surface area contributed by atoms with Crippen molar-refractivity contribution in [1.82, 2.24) is 19.5 Å². The second kappa shape index (κ2) is 7.06. The van der Waals surface area contributed by atoms with E-state index in [0.717, 1.165) is 12.8 Å². The van der Waals surface area contributed by atoms with Gasteiger partial charge in [0.2, 0.25) is 5.95 Å². The zero-order chi connectivity index (χ0) is 16.1. The molecule has 0 saturated heterocycles. The third-order valence-electron chi connectivity index (χ3n) is 3.55. The molecule has 0 aliphatic carbocycles. The summed E-state index contributed by atoms with van der Waals surface area (Å²) in [6, 6.07) is 10.1. The molecular formula is C16H19N5O2. The zero-order valence-corrected chi connectivity index (χ0v) is 12.7. The van der Waals surface area contributed by atoms with Gasteiger partial charge in [0.1, 0.15) is 0 Å². The molecule has 3 rings (SSSR count). The number of hydrogen-bond acceptors (Lipinski definition) is 5. The Hall–Kier alpha value is -2.67. The SMILES string of the molecule is Nc1nc2ncn(CCCCOCc3ccccc3)c2c(=O)[nH]1. The monoisotopic (exact) mass is 313 g/mol. The van der Waals surface area contributed by atoms with Crippen molar-refractivity contribution in [3.63, 3.8) is 0 Å². The van der Waals surface area contributed by atoms with Crippen molar-refractivity contribution >= 4 is 17.1 Å². The number of nitrogens with zero attached hydrogens (tertiary/aromatic N) is 3. The van der Waals surface area contributed by atoms with Gasteiger partial charge in [0.05, 0.1) is 12.9 Å². The lowest BCUT2D eigenvalue weighted by atomic mass is 10.2. The molecule has 7 heteroatoms. The van der Waals surface area contributed by atoms with Gasteiger partial charge in [-0.25, -0.2) is 4.98 Å². The lowest BCUT2D eigenvalue weighted by Gasteiger charge is -2.05. The summed E-state index contributed by atoms with van der Waals surface area (Å²) >= 11 is 0. The summed E-state index contributed by atoms with van der Waals surface area (Å²) in [5, 5.41) is 0. The van der Waals surface area contributed by atoms with Crippen molar-refractivity contribution in [2.24, 2.45) is 0 Å². The number of nitrogens with two attached hydrogens (primary N) is 1. The number of H-pyrrole nitrogens is 1. The molecule has 0 fully saturated rings. The van der Waals surface area contributed by atoms with Crippen molar-refractivity contribution in [1.29, 1.82) is 0 Å². The van der Waals surface area contributed by atoms with E-state index in [1.165, 1.54) is 5.56 Å². The maximum absolute atomic E-state index is 11.9. The largest absolute Gasteiger partial charge is 0.377 e. The fraction of sp³-hybridized carbons (Fsp3) is 0.312. The van der Waals surface area contributed by atoms with Crippen molar-refractivity contribution < 1.29 is 4.74 Å². The van der Waals surface area contributed by atoms with Crippen LogP contribution in [-0.4, -0.2) is 26.1 Å². The topological polar surface area (TPSA) is 98.8 Å². The summed E-state index contributed by atoms with van der Waals surface area (Å²) in [6.07, 6.45) is 3.42. The number of anilines is 1. The van der Waals surface area contributed by atoms with Gasteiger partial charge in [0.15, 0.2) is 11.2 Å². The number of imidazole rings is 1. The standard InChI is InChI=1S/C16H19N5O2/c17-16-19-14-13(15(22)20-16)21(11-18-14)8-4-5-9-23-10-12-6-2-1-3-7-12/h1-3,6-7,11H,4-5,8-10H2,(H3,17,19,20,22). The number of rotatable bonds is 7. The van der Waals surface area contributed by atoms with Gasteiger partial charge < -0.3 is 15.0 Å². The van der Waals surface area contributed by atoms with Crippen LogP contribution in [0.15, 0.2) is 41.5 Å². The average molecular weight is 313 g/mol. The number of nitrogen functional groups attached to an aromatic ring is 1. The maximum atomic E-state index is 11.9. The maximum Gasteiger partial charge on any atom is 0.278 e. The van der Waals surface area contributed by atoms with Crippen molar-refractivity contribution in [3.8, 4) is 0 Å². The lowest BCUT2D eigenvalue weighted by molar-refractivity contribution is 0.116. The van der Waals surface area contributed by atoms with Crippen molar-refractivity contribution in [3.05, 3.63) is 52.6 Å². The van der Waals surface area contributed by atoms with Gasteiger partial charge in [0, 0.05) is 13.2 Å². The Balaban J connectivity index is 1.47. The Morgan fingerprint density at radius 3 is 2.87 bits per heavy atom. The van der Waals surface area contributed by atoms with Crippen LogP contribution in [0.4, 0.5) is 5.95 Å². The highest BCUT2D eigenvalue weighted by Crippen LogP contribution is 2.08. The van der Waals surface area contributed by atoms with Gasteiger partial charge in [0.25, 0.3) is 5.56 Å². The Morgan fingerprint density at radius 2 is 2.04 bits per heavy atom. The fourth-order valence-corrected chi connectivity index (χ4v) is 2.42. The molecule has 0 atom stereocenters. The van der Waals surface area contributed by atoms with Crippen LogP contribution in [0.2, 0.25) is 0 Å². The summed E-state index contributed by atoms with van der Waals surface area (Å²) < 4.78 is 7.45. The lowest BCUT2D eigenvalue weighted by Crippen LogP contribution is -2.14. The van der Waals surface area contributed by atoms with Crippen LogP contribution in [-0.2, 0) is 17.9 Å².